The number of nitrogens with one attached hydrogen (secondary N) is 2. The van der Waals surface area contributed by atoms with Gasteiger partial charge in [0.25, 0.3) is 0 Å². The van der Waals surface area contributed by atoms with Crippen LogP contribution in [0.25, 0.3) is 0 Å². The van der Waals surface area contributed by atoms with Gasteiger partial charge in [0.2, 0.25) is 10.0 Å². The fourth-order valence-corrected chi connectivity index (χ4v) is 3.83. The minimum atomic E-state index is -3.18. The van der Waals surface area contributed by atoms with E-state index in [9.17, 15) is 8.42 Å². The Bertz CT molecular complexity index is 306. The summed E-state index contributed by atoms with van der Waals surface area (Å²) in [5.41, 5.74) is 0. The fourth-order valence-electron chi connectivity index (χ4n) is 2.27. The predicted octanol–water partition coefficient (Wildman–Crippen LogP) is -0.163. The van der Waals surface area contributed by atoms with Crippen molar-refractivity contribution in [1.82, 2.24) is 10.0 Å². The van der Waals surface area contributed by atoms with Crippen molar-refractivity contribution in [2.75, 3.05) is 25.4 Å². The van der Waals surface area contributed by atoms with Gasteiger partial charge in [-0.25, -0.2) is 13.1 Å². The molecule has 0 spiro atoms. The summed E-state index contributed by atoms with van der Waals surface area (Å²) in [6.07, 6.45) is 3.70. The molecule has 0 radical (unpaired) electrons. The van der Waals surface area contributed by atoms with Crippen LogP contribution in [0.15, 0.2) is 0 Å². The third-order valence-corrected chi connectivity index (χ3v) is 4.58. The van der Waals surface area contributed by atoms with Crippen molar-refractivity contribution in [2.24, 2.45) is 0 Å². The highest BCUT2D eigenvalue weighted by Gasteiger charge is 2.26. The molecular formula is C10H20N2O3S. The molecule has 2 atom stereocenters. The summed E-state index contributed by atoms with van der Waals surface area (Å²) in [4.78, 5) is 0. The van der Waals surface area contributed by atoms with Gasteiger partial charge < -0.3 is 10.1 Å². The van der Waals surface area contributed by atoms with Crippen LogP contribution in [-0.2, 0) is 14.8 Å². The lowest BCUT2D eigenvalue weighted by atomic mass is 10.1. The van der Waals surface area contributed by atoms with E-state index >= 15 is 0 Å². The standard InChI is InChI=1S/C10H20N2O3S/c13-16(14,8-10-4-2-6-15-10)12-9-3-1-5-11-7-9/h9-12H,1-8H2/t9-,10?/m0/s1. The lowest BCUT2D eigenvalue weighted by Crippen LogP contribution is -2.47. The predicted molar refractivity (Wildman–Crippen MR) is 61.8 cm³/mol. The first kappa shape index (κ1) is 12.3. The van der Waals surface area contributed by atoms with Crippen LogP contribution < -0.4 is 10.0 Å². The highest BCUT2D eigenvalue weighted by atomic mass is 32.2. The number of hydrogen-bond donors (Lipinski definition) is 2. The molecule has 16 heavy (non-hydrogen) atoms. The van der Waals surface area contributed by atoms with Gasteiger partial charge in [-0.05, 0) is 32.2 Å². The Morgan fingerprint density at radius 1 is 1.31 bits per heavy atom. The largest absolute Gasteiger partial charge is 0.377 e. The van der Waals surface area contributed by atoms with Gasteiger partial charge in [-0.1, -0.05) is 0 Å². The summed E-state index contributed by atoms with van der Waals surface area (Å²) in [6.45, 7) is 2.43. The van der Waals surface area contributed by atoms with E-state index < -0.39 is 10.0 Å². The molecule has 2 N–H and O–H groups in total. The average molecular weight is 248 g/mol. The fraction of sp³-hybridized carbons (Fsp3) is 1.00. The molecule has 5 nitrogen and oxygen atoms in total. The quantitative estimate of drug-likeness (QED) is 0.725. The third kappa shape index (κ3) is 3.69. The van der Waals surface area contributed by atoms with Gasteiger partial charge in [0.05, 0.1) is 11.9 Å². The second kappa shape index (κ2) is 5.44. The minimum absolute atomic E-state index is 0.0557. The van der Waals surface area contributed by atoms with Gasteiger partial charge in [0.1, 0.15) is 0 Å². The number of hydrogen-bond acceptors (Lipinski definition) is 4. The molecule has 2 rings (SSSR count). The van der Waals surface area contributed by atoms with E-state index in [0.29, 0.717) is 6.61 Å². The van der Waals surface area contributed by atoms with E-state index in [1.807, 2.05) is 0 Å². The Kier molecular flexibility index (Phi) is 4.18. The molecule has 0 saturated carbocycles. The lowest BCUT2D eigenvalue weighted by Gasteiger charge is -2.24. The van der Waals surface area contributed by atoms with E-state index in [1.165, 1.54) is 0 Å². The Hall–Kier alpha value is -0.170. The van der Waals surface area contributed by atoms with E-state index in [4.69, 9.17) is 4.74 Å². The van der Waals surface area contributed by atoms with Gasteiger partial charge >= 0.3 is 0 Å². The molecule has 0 aromatic rings. The maximum absolute atomic E-state index is 11.8. The van der Waals surface area contributed by atoms with E-state index in [2.05, 4.69) is 10.0 Å². The summed E-state index contributed by atoms with van der Waals surface area (Å²) < 4.78 is 31.8. The van der Waals surface area contributed by atoms with Crippen molar-refractivity contribution in [3.63, 3.8) is 0 Å². The maximum atomic E-state index is 11.8. The number of ether oxygens (including phenoxy) is 1. The molecule has 2 saturated heterocycles. The average Bonchev–Trinajstić information content (AvgIpc) is 2.70. The van der Waals surface area contributed by atoms with Crippen LogP contribution in [0.5, 0.6) is 0 Å². The van der Waals surface area contributed by atoms with Crippen LogP contribution in [0.4, 0.5) is 0 Å². The number of piperidine rings is 1. The van der Waals surface area contributed by atoms with Crippen molar-refractivity contribution in [3.05, 3.63) is 0 Å². The van der Waals surface area contributed by atoms with Gasteiger partial charge in [0, 0.05) is 19.2 Å². The first-order valence-electron chi connectivity index (χ1n) is 5.98. The molecule has 2 heterocycles. The number of rotatable bonds is 4. The van der Waals surface area contributed by atoms with E-state index in [0.717, 1.165) is 38.8 Å². The van der Waals surface area contributed by atoms with Crippen LogP contribution in [0.2, 0.25) is 0 Å². The van der Waals surface area contributed by atoms with Gasteiger partial charge in [-0.3, -0.25) is 0 Å². The molecule has 2 fully saturated rings. The van der Waals surface area contributed by atoms with Crippen molar-refractivity contribution in [3.8, 4) is 0 Å². The highest BCUT2D eigenvalue weighted by Crippen LogP contribution is 2.14. The lowest BCUT2D eigenvalue weighted by molar-refractivity contribution is 0.127. The van der Waals surface area contributed by atoms with Crippen LogP contribution in [0.1, 0.15) is 25.7 Å². The highest BCUT2D eigenvalue weighted by molar-refractivity contribution is 7.89. The second-order valence-electron chi connectivity index (χ2n) is 4.58. The molecule has 0 aromatic carbocycles. The Morgan fingerprint density at radius 2 is 2.19 bits per heavy atom. The first-order valence-corrected chi connectivity index (χ1v) is 7.63. The van der Waals surface area contributed by atoms with Crippen molar-refractivity contribution < 1.29 is 13.2 Å². The minimum Gasteiger partial charge on any atom is -0.377 e. The topological polar surface area (TPSA) is 67.4 Å². The van der Waals surface area contributed by atoms with Crippen molar-refractivity contribution in [2.45, 2.75) is 37.8 Å². The monoisotopic (exact) mass is 248 g/mol. The molecule has 0 amide bonds. The van der Waals surface area contributed by atoms with Crippen LogP contribution in [-0.4, -0.2) is 46.0 Å². The molecular weight excluding hydrogens is 228 g/mol. The van der Waals surface area contributed by atoms with Gasteiger partial charge in [-0.15, -0.1) is 0 Å². The van der Waals surface area contributed by atoms with Crippen LogP contribution in [0.3, 0.4) is 0 Å². The van der Waals surface area contributed by atoms with Crippen molar-refractivity contribution in [1.29, 1.82) is 0 Å². The molecule has 1 unspecified atom stereocenters. The van der Waals surface area contributed by atoms with Gasteiger partial charge in [0.15, 0.2) is 0 Å². The van der Waals surface area contributed by atoms with E-state index in [-0.39, 0.29) is 17.9 Å². The Labute approximate surface area is 97.0 Å². The zero-order chi connectivity index (χ0) is 11.4. The third-order valence-electron chi connectivity index (χ3n) is 3.07. The summed E-state index contributed by atoms with van der Waals surface area (Å²) in [6, 6.07) is 0.0557. The van der Waals surface area contributed by atoms with Crippen LogP contribution in [0, 0.1) is 0 Å². The summed E-state index contributed by atoms with van der Waals surface area (Å²) in [5.74, 6) is 0.115. The summed E-state index contributed by atoms with van der Waals surface area (Å²) in [7, 11) is -3.18. The normalized spacial score (nSPS) is 31.8. The summed E-state index contributed by atoms with van der Waals surface area (Å²) in [5, 5.41) is 3.19. The zero-order valence-corrected chi connectivity index (χ0v) is 10.3. The smallest absolute Gasteiger partial charge is 0.214 e. The molecule has 94 valence electrons. The molecule has 0 aliphatic carbocycles. The molecule has 2 aliphatic heterocycles. The van der Waals surface area contributed by atoms with Crippen LogP contribution >= 0.6 is 0 Å². The zero-order valence-electron chi connectivity index (χ0n) is 9.44. The molecule has 0 bridgehead atoms. The van der Waals surface area contributed by atoms with E-state index in [1.54, 1.807) is 0 Å². The Morgan fingerprint density at radius 3 is 2.81 bits per heavy atom. The SMILES string of the molecule is O=S(=O)(CC1CCCO1)N[C@H]1CCCNC1. The molecule has 2 aliphatic rings. The second-order valence-corrected chi connectivity index (χ2v) is 6.38. The molecule has 6 heteroatoms. The maximum Gasteiger partial charge on any atom is 0.214 e. The number of sulfonamides is 1. The summed E-state index contributed by atoms with van der Waals surface area (Å²) >= 11 is 0. The molecule has 0 aromatic heterocycles. The first-order chi connectivity index (χ1) is 7.66. The van der Waals surface area contributed by atoms with Gasteiger partial charge in [-0.2, -0.15) is 0 Å². The van der Waals surface area contributed by atoms with Crippen molar-refractivity contribution >= 4 is 10.0 Å². The Balaban J connectivity index is 1.81.